The Kier molecular flexibility index (Phi) is 6.67. The van der Waals surface area contributed by atoms with Crippen molar-refractivity contribution in [2.45, 2.75) is 0 Å². The maximum absolute atomic E-state index is 12.0. The second-order valence-corrected chi connectivity index (χ2v) is 5.15. The number of anilines is 2. The van der Waals surface area contributed by atoms with Crippen LogP contribution in [0.2, 0.25) is 0 Å². The van der Waals surface area contributed by atoms with Gasteiger partial charge < -0.3 is 30.2 Å². The van der Waals surface area contributed by atoms with Gasteiger partial charge >= 0.3 is 6.03 Å². The monoisotopic (exact) mass is 359 g/mol. The zero-order valence-electron chi connectivity index (χ0n) is 14.8. The van der Waals surface area contributed by atoms with Crippen molar-refractivity contribution in [2.24, 2.45) is 0 Å². The molecule has 0 heterocycles. The van der Waals surface area contributed by atoms with Crippen LogP contribution in [0.5, 0.6) is 17.2 Å². The Morgan fingerprint density at radius 3 is 2.31 bits per heavy atom. The summed E-state index contributed by atoms with van der Waals surface area (Å²) in [4.78, 5) is 23.9. The Morgan fingerprint density at radius 1 is 0.885 bits per heavy atom. The molecule has 3 amide bonds. The molecular weight excluding hydrogens is 338 g/mol. The van der Waals surface area contributed by atoms with Crippen LogP contribution >= 0.6 is 0 Å². The molecule has 0 aliphatic heterocycles. The van der Waals surface area contributed by atoms with E-state index in [0.29, 0.717) is 28.6 Å². The van der Waals surface area contributed by atoms with Crippen molar-refractivity contribution in [3.8, 4) is 17.2 Å². The molecule has 0 atom stereocenters. The number of nitrogens with one attached hydrogen (secondary N) is 3. The average Bonchev–Trinajstić information content (AvgIpc) is 2.66. The van der Waals surface area contributed by atoms with Crippen LogP contribution in [-0.4, -0.2) is 39.8 Å². The van der Waals surface area contributed by atoms with E-state index in [2.05, 4.69) is 16.0 Å². The van der Waals surface area contributed by atoms with E-state index in [1.165, 1.54) is 21.3 Å². The lowest BCUT2D eigenvalue weighted by Crippen LogP contribution is -2.35. The molecule has 0 aliphatic carbocycles. The minimum Gasteiger partial charge on any atom is -0.497 e. The molecule has 2 aromatic rings. The largest absolute Gasteiger partial charge is 0.497 e. The molecule has 26 heavy (non-hydrogen) atoms. The predicted octanol–water partition coefficient (Wildman–Crippen LogP) is 2.47. The Balaban J connectivity index is 1.87. The fraction of sp³-hybridized carbons (Fsp3) is 0.222. The van der Waals surface area contributed by atoms with E-state index >= 15 is 0 Å². The van der Waals surface area contributed by atoms with Gasteiger partial charge in [-0.05, 0) is 24.3 Å². The lowest BCUT2D eigenvalue weighted by atomic mass is 10.2. The Labute approximate surface area is 151 Å². The summed E-state index contributed by atoms with van der Waals surface area (Å²) in [5.74, 6) is 1.29. The third-order valence-electron chi connectivity index (χ3n) is 3.42. The Bertz CT molecular complexity index is 779. The molecule has 8 nitrogen and oxygen atoms in total. The number of hydrogen-bond acceptors (Lipinski definition) is 5. The second kappa shape index (κ2) is 9.16. The number of methoxy groups -OCH3 is 3. The smallest absolute Gasteiger partial charge is 0.319 e. The van der Waals surface area contributed by atoms with Gasteiger partial charge in [-0.25, -0.2) is 4.79 Å². The molecule has 0 unspecified atom stereocenters. The van der Waals surface area contributed by atoms with Crippen molar-refractivity contribution >= 4 is 23.3 Å². The highest BCUT2D eigenvalue weighted by Gasteiger charge is 2.10. The zero-order chi connectivity index (χ0) is 18.9. The highest BCUT2D eigenvalue weighted by atomic mass is 16.5. The van der Waals surface area contributed by atoms with Crippen LogP contribution in [-0.2, 0) is 4.79 Å². The molecule has 0 aromatic heterocycles. The van der Waals surface area contributed by atoms with Gasteiger partial charge in [0.25, 0.3) is 0 Å². The second-order valence-electron chi connectivity index (χ2n) is 5.15. The summed E-state index contributed by atoms with van der Waals surface area (Å²) < 4.78 is 15.4. The first kappa shape index (κ1) is 18.9. The maximum Gasteiger partial charge on any atom is 0.319 e. The topological polar surface area (TPSA) is 97.9 Å². The van der Waals surface area contributed by atoms with Crippen LogP contribution in [0.3, 0.4) is 0 Å². The molecule has 0 bridgehead atoms. The molecule has 8 heteroatoms. The third-order valence-corrected chi connectivity index (χ3v) is 3.42. The molecule has 3 N–H and O–H groups in total. The number of hydrogen-bond donors (Lipinski definition) is 3. The van der Waals surface area contributed by atoms with E-state index in [1.807, 2.05) is 0 Å². The molecule has 0 saturated heterocycles. The standard InChI is InChI=1S/C18H21N3O5/c1-24-13-6-4-5-12(9-13)20-18(23)19-11-17(22)21-15-8-7-14(25-2)10-16(15)26-3/h4-10H,11H2,1-3H3,(H,21,22)(H2,19,20,23). The first-order valence-corrected chi connectivity index (χ1v) is 7.76. The first-order valence-electron chi connectivity index (χ1n) is 7.76. The highest BCUT2D eigenvalue weighted by Crippen LogP contribution is 2.28. The van der Waals surface area contributed by atoms with Crippen LogP contribution in [0, 0.1) is 0 Å². The number of carbonyl (C=O) groups excluding carboxylic acids is 2. The van der Waals surface area contributed by atoms with Crippen LogP contribution < -0.4 is 30.2 Å². The fourth-order valence-electron chi connectivity index (χ4n) is 2.13. The van der Waals surface area contributed by atoms with E-state index in [1.54, 1.807) is 42.5 Å². The van der Waals surface area contributed by atoms with Gasteiger partial charge in [0, 0.05) is 17.8 Å². The zero-order valence-corrected chi connectivity index (χ0v) is 14.8. The van der Waals surface area contributed by atoms with Crippen LogP contribution in [0.15, 0.2) is 42.5 Å². The minimum absolute atomic E-state index is 0.203. The van der Waals surface area contributed by atoms with Crippen LogP contribution in [0.1, 0.15) is 0 Å². The quantitative estimate of drug-likeness (QED) is 0.705. The molecule has 0 saturated carbocycles. The van der Waals surface area contributed by atoms with Gasteiger partial charge in [0.15, 0.2) is 0 Å². The lowest BCUT2D eigenvalue weighted by Gasteiger charge is -2.12. The molecule has 2 aromatic carbocycles. The van der Waals surface area contributed by atoms with Gasteiger partial charge in [0.2, 0.25) is 5.91 Å². The molecule has 2 rings (SSSR count). The summed E-state index contributed by atoms with van der Waals surface area (Å²) in [6.45, 7) is -0.203. The van der Waals surface area contributed by atoms with Crippen molar-refractivity contribution in [1.82, 2.24) is 5.32 Å². The van der Waals surface area contributed by atoms with Gasteiger partial charge in [0.05, 0.1) is 33.6 Å². The summed E-state index contributed by atoms with van der Waals surface area (Å²) >= 11 is 0. The van der Waals surface area contributed by atoms with Gasteiger partial charge in [-0.15, -0.1) is 0 Å². The summed E-state index contributed by atoms with van der Waals surface area (Å²) in [6, 6.07) is 11.4. The molecule has 0 radical (unpaired) electrons. The molecule has 0 fully saturated rings. The summed E-state index contributed by atoms with van der Waals surface area (Å²) in [5.41, 5.74) is 1.03. The Hall–Kier alpha value is -3.42. The number of benzene rings is 2. The van der Waals surface area contributed by atoms with Crippen molar-refractivity contribution in [3.05, 3.63) is 42.5 Å². The van der Waals surface area contributed by atoms with E-state index in [-0.39, 0.29) is 6.54 Å². The van der Waals surface area contributed by atoms with Crippen molar-refractivity contribution in [2.75, 3.05) is 38.5 Å². The van der Waals surface area contributed by atoms with Gasteiger partial charge in [-0.3, -0.25) is 4.79 Å². The fourth-order valence-corrected chi connectivity index (χ4v) is 2.13. The molecule has 0 spiro atoms. The predicted molar refractivity (Wildman–Crippen MR) is 98.2 cm³/mol. The molecule has 138 valence electrons. The van der Waals surface area contributed by atoms with E-state index in [9.17, 15) is 9.59 Å². The number of rotatable bonds is 7. The number of carbonyl (C=O) groups is 2. The molecule has 0 aliphatic rings. The number of ether oxygens (including phenoxy) is 3. The van der Waals surface area contributed by atoms with Gasteiger partial charge in [-0.2, -0.15) is 0 Å². The summed E-state index contributed by atoms with van der Waals surface area (Å²) in [5, 5.41) is 7.77. The summed E-state index contributed by atoms with van der Waals surface area (Å²) in [6.07, 6.45) is 0. The van der Waals surface area contributed by atoms with Gasteiger partial charge in [-0.1, -0.05) is 6.07 Å². The van der Waals surface area contributed by atoms with Crippen LogP contribution in [0.4, 0.5) is 16.2 Å². The third kappa shape index (κ3) is 5.30. The van der Waals surface area contributed by atoms with E-state index in [4.69, 9.17) is 14.2 Å². The number of amides is 3. The SMILES string of the molecule is COc1cccc(NC(=O)NCC(=O)Nc2ccc(OC)cc2OC)c1. The molecular formula is C18H21N3O5. The normalized spacial score (nSPS) is 9.81. The van der Waals surface area contributed by atoms with Crippen molar-refractivity contribution in [1.29, 1.82) is 0 Å². The van der Waals surface area contributed by atoms with Crippen molar-refractivity contribution in [3.63, 3.8) is 0 Å². The maximum atomic E-state index is 12.0. The lowest BCUT2D eigenvalue weighted by molar-refractivity contribution is -0.115. The van der Waals surface area contributed by atoms with E-state index in [0.717, 1.165) is 0 Å². The van der Waals surface area contributed by atoms with Crippen molar-refractivity contribution < 1.29 is 23.8 Å². The van der Waals surface area contributed by atoms with E-state index < -0.39 is 11.9 Å². The summed E-state index contributed by atoms with van der Waals surface area (Å²) in [7, 11) is 4.57. The highest BCUT2D eigenvalue weighted by molar-refractivity contribution is 5.97. The first-order chi connectivity index (χ1) is 12.5. The average molecular weight is 359 g/mol. The van der Waals surface area contributed by atoms with Crippen LogP contribution in [0.25, 0.3) is 0 Å². The van der Waals surface area contributed by atoms with Gasteiger partial charge in [0.1, 0.15) is 17.2 Å². The Morgan fingerprint density at radius 2 is 1.62 bits per heavy atom. The minimum atomic E-state index is -0.505. The number of urea groups is 1.